The van der Waals surface area contributed by atoms with Crippen molar-refractivity contribution in [3.8, 4) is 11.5 Å². The standard InChI is InChI=1S/C15H14N2O7S/c1-7(14(22)23)16-12(20)6-17-13(21)11(25-15(17)24)4-8-2-3-9(18)5-10(8)19/h2-5,7,18-19H,6H2,1H3,(H,16,20)(H,22,23)/b11-4-. The van der Waals surface area contributed by atoms with Crippen LogP contribution < -0.4 is 5.32 Å². The van der Waals surface area contributed by atoms with Crippen LogP contribution in [-0.4, -0.2) is 55.8 Å². The Kier molecular flexibility index (Phi) is 5.32. The van der Waals surface area contributed by atoms with Gasteiger partial charge in [-0.05, 0) is 36.9 Å². The molecule has 1 aromatic rings. The van der Waals surface area contributed by atoms with Gasteiger partial charge in [0.25, 0.3) is 11.1 Å². The third-order valence-corrected chi connectivity index (χ3v) is 4.13. The van der Waals surface area contributed by atoms with Crippen molar-refractivity contribution >= 4 is 40.9 Å². The Hall–Kier alpha value is -3.01. The summed E-state index contributed by atoms with van der Waals surface area (Å²) < 4.78 is 0. The third kappa shape index (κ3) is 4.29. The highest BCUT2D eigenvalue weighted by Crippen LogP contribution is 2.34. The minimum atomic E-state index is -1.25. The third-order valence-electron chi connectivity index (χ3n) is 3.22. The van der Waals surface area contributed by atoms with E-state index in [1.807, 2.05) is 0 Å². The summed E-state index contributed by atoms with van der Waals surface area (Å²) in [5.41, 5.74) is 0.215. The molecule has 1 aliphatic heterocycles. The fourth-order valence-electron chi connectivity index (χ4n) is 1.92. The van der Waals surface area contributed by atoms with Crippen LogP contribution in [0, 0.1) is 0 Å². The second kappa shape index (κ2) is 7.26. The van der Waals surface area contributed by atoms with Gasteiger partial charge in [0.1, 0.15) is 24.1 Å². The largest absolute Gasteiger partial charge is 0.508 e. The Morgan fingerprint density at radius 3 is 2.60 bits per heavy atom. The number of thioether (sulfide) groups is 1. The van der Waals surface area contributed by atoms with Gasteiger partial charge in [-0.1, -0.05) is 0 Å². The molecule has 0 bridgehead atoms. The predicted octanol–water partition coefficient (Wildman–Crippen LogP) is 0.723. The van der Waals surface area contributed by atoms with Crippen molar-refractivity contribution in [3.63, 3.8) is 0 Å². The summed E-state index contributed by atoms with van der Waals surface area (Å²) in [6.45, 7) is 0.642. The van der Waals surface area contributed by atoms with Crippen molar-refractivity contribution in [1.82, 2.24) is 10.2 Å². The zero-order valence-corrected chi connectivity index (χ0v) is 13.7. The maximum Gasteiger partial charge on any atom is 0.325 e. The molecule has 1 aromatic carbocycles. The number of carbonyl (C=O) groups excluding carboxylic acids is 3. The zero-order chi connectivity index (χ0) is 18.7. The Bertz CT molecular complexity index is 790. The van der Waals surface area contributed by atoms with Gasteiger partial charge >= 0.3 is 5.97 Å². The molecule has 0 saturated carbocycles. The van der Waals surface area contributed by atoms with Crippen molar-refractivity contribution in [2.75, 3.05) is 6.54 Å². The molecule has 10 heteroatoms. The number of aliphatic carboxylic acids is 1. The Balaban J connectivity index is 2.13. The molecule has 9 nitrogen and oxygen atoms in total. The molecule has 3 amide bonds. The molecule has 0 radical (unpaired) electrons. The Morgan fingerprint density at radius 1 is 1.32 bits per heavy atom. The molecule has 1 fully saturated rings. The number of imide groups is 1. The lowest BCUT2D eigenvalue weighted by Gasteiger charge is -2.14. The van der Waals surface area contributed by atoms with Crippen molar-refractivity contribution in [3.05, 3.63) is 28.7 Å². The monoisotopic (exact) mass is 366 g/mol. The minimum Gasteiger partial charge on any atom is -0.508 e. The average Bonchev–Trinajstić information content (AvgIpc) is 2.77. The number of carbonyl (C=O) groups is 4. The van der Waals surface area contributed by atoms with Gasteiger partial charge in [-0.2, -0.15) is 0 Å². The molecule has 1 heterocycles. The summed E-state index contributed by atoms with van der Waals surface area (Å²) in [5, 5.41) is 29.2. The number of nitrogens with zero attached hydrogens (tertiary/aromatic N) is 1. The molecule has 25 heavy (non-hydrogen) atoms. The molecule has 1 aliphatic rings. The van der Waals surface area contributed by atoms with E-state index in [1.165, 1.54) is 25.1 Å². The number of nitrogens with one attached hydrogen (secondary N) is 1. The molecule has 4 N–H and O–H groups in total. The maximum atomic E-state index is 12.2. The van der Waals surface area contributed by atoms with Gasteiger partial charge in [-0.15, -0.1) is 0 Å². The lowest BCUT2D eigenvalue weighted by atomic mass is 10.1. The summed E-state index contributed by atoms with van der Waals surface area (Å²) >= 11 is 0.585. The van der Waals surface area contributed by atoms with Gasteiger partial charge in [-0.3, -0.25) is 24.1 Å². The smallest absolute Gasteiger partial charge is 0.325 e. The number of hydrogen-bond acceptors (Lipinski definition) is 7. The summed E-state index contributed by atoms with van der Waals surface area (Å²) in [4.78, 5) is 47.3. The molecular weight excluding hydrogens is 352 g/mol. The number of amides is 3. The Labute approximate surface area is 145 Å². The van der Waals surface area contributed by atoms with Crippen molar-refractivity contribution in [2.45, 2.75) is 13.0 Å². The van der Waals surface area contributed by atoms with Crippen LogP contribution in [0.2, 0.25) is 0 Å². The van der Waals surface area contributed by atoms with Crippen LogP contribution in [0.3, 0.4) is 0 Å². The number of benzene rings is 1. The van der Waals surface area contributed by atoms with Gasteiger partial charge in [0.05, 0.1) is 4.91 Å². The summed E-state index contributed by atoms with van der Waals surface area (Å²) in [6.07, 6.45) is 1.26. The van der Waals surface area contributed by atoms with Crippen LogP contribution in [0.15, 0.2) is 23.1 Å². The maximum absolute atomic E-state index is 12.2. The summed E-state index contributed by atoms with van der Waals surface area (Å²) in [6, 6.07) is 2.59. The zero-order valence-electron chi connectivity index (χ0n) is 12.9. The highest BCUT2D eigenvalue weighted by atomic mass is 32.2. The van der Waals surface area contributed by atoms with Crippen LogP contribution in [0.5, 0.6) is 11.5 Å². The first-order valence-corrected chi connectivity index (χ1v) is 7.80. The van der Waals surface area contributed by atoms with E-state index in [0.717, 1.165) is 6.07 Å². The first kappa shape index (κ1) is 18.3. The molecule has 0 aliphatic carbocycles. The molecule has 132 valence electrons. The van der Waals surface area contributed by atoms with Gasteiger partial charge in [0.15, 0.2) is 0 Å². The minimum absolute atomic E-state index is 0.00919. The molecule has 0 spiro atoms. The van der Waals surface area contributed by atoms with Gasteiger partial charge < -0.3 is 20.6 Å². The molecule has 1 unspecified atom stereocenters. The van der Waals surface area contributed by atoms with E-state index in [0.29, 0.717) is 16.7 Å². The fraction of sp³-hybridized carbons (Fsp3) is 0.200. The van der Waals surface area contributed by atoms with Crippen LogP contribution in [0.25, 0.3) is 6.08 Å². The second-order valence-corrected chi connectivity index (χ2v) is 6.13. The van der Waals surface area contributed by atoms with E-state index in [4.69, 9.17) is 5.11 Å². The highest BCUT2D eigenvalue weighted by molar-refractivity contribution is 8.18. The lowest BCUT2D eigenvalue weighted by Crippen LogP contribution is -2.45. The lowest BCUT2D eigenvalue weighted by molar-refractivity contribution is -0.141. The van der Waals surface area contributed by atoms with Crippen molar-refractivity contribution in [2.24, 2.45) is 0 Å². The first-order valence-electron chi connectivity index (χ1n) is 6.98. The molecule has 0 aromatic heterocycles. The van der Waals surface area contributed by atoms with E-state index in [1.54, 1.807) is 0 Å². The molecule has 2 rings (SSSR count). The number of rotatable bonds is 5. The SMILES string of the molecule is CC(NC(=O)CN1C(=O)S/C(=C\c2ccc(O)cc2O)C1=O)C(=O)O. The van der Waals surface area contributed by atoms with Crippen LogP contribution in [0.1, 0.15) is 12.5 Å². The molecule has 1 atom stereocenters. The number of aromatic hydroxyl groups is 2. The topological polar surface area (TPSA) is 144 Å². The second-order valence-electron chi connectivity index (χ2n) is 5.14. The number of hydrogen-bond donors (Lipinski definition) is 4. The van der Waals surface area contributed by atoms with E-state index < -0.39 is 35.6 Å². The molecule has 1 saturated heterocycles. The molecular formula is C15H14N2O7S. The van der Waals surface area contributed by atoms with E-state index in [9.17, 15) is 29.4 Å². The van der Waals surface area contributed by atoms with Crippen molar-refractivity contribution < 1.29 is 34.5 Å². The fourth-order valence-corrected chi connectivity index (χ4v) is 2.75. The normalized spacial score (nSPS) is 17.0. The van der Waals surface area contributed by atoms with Crippen LogP contribution >= 0.6 is 11.8 Å². The number of carboxylic acid groups (broad SMARTS) is 1. The summed E-state index contributed by atoms with van der Waals surface area (Å²) in [5.74, 6) is -3.21. The van der Waals surface area contributed by atoms with Gasteiger partial charge in [0.2, 0.25) is 5.91 Å². The number of carboxylic acids is 1. The van der Waals surface area contributed by atoms with Crippen molar-refractivity contribution in [1.29, 1.82) is 0 Å². The Morgan fingerprint density at radius 2 is 2.00 bits per heavy atom. The van der Waals surface area contributed by atoms with E-state index in [2.05, 4.69) is 5.32 Å². The van der Waals surface area contributed by atoms with E-state index >= 15 is 0 Å². The number of phenols is 2. The first-order chi connectivity index (χ1) is 11.7. The summed E-state index contributed by atoms with van der Waals surface area (Å²) in [7, 11) is 0. The van der Waals surface area contributed by atoms with Gasteiger partial charge in [-0.25, -0.2) is 0 Å². The van der Waals surface area contributed by atoms with E-state index in [-0.39, 0.29) is 22.0 Å². The quantitative estimate of drug-likeness (QED) is 0.558. The number of phenolic OH excluding ortho intramolecular Hbond substituents is 2. The predicted molar refractivity (Wildman–Crippen MR) is 87.7 cm³/mol. The highest BCUT2D eigenvalue weighted by Gasteiger charge is 2.36. The van der Waals surface area contributed by atoms with Crippen LogP contribution in [-0.2, 0) is 14.4 Å². The van der Waals surface area contributed by atoms with Gasteiger partial charge in [0, 0.05) is 11.6 Å². The van der Waals surface area contributed by atoms with Crippen LogP contribution in [0.4, 0.5) is 4.79 Å². The average molecular weight is 366 g/mol.